The third-order valence-corrected chi connectivity index (χ3v) is 5.88. The Hall–Kier alpha value is -1.02. The summed E-state index contributed by atoms with van der Waals surface area (Å²) in [6, 6.07) is 6.05. The number of nitrogens with two attached hydrogens (primary N) is 1. The Labute approximate surface area is 125 Å². The van der Waals surface area contributed by atoms with Crippen LogP contribution in [-0.2, 0) is 16.8 Å². The van der Waals surface area contributed by atoms with E-state index in [9.17, 15) is 12.8 Å². The molecule has 0 bridgehead atoms. The van der Waals surface area contributed by atoms with Crippen molar-refractivity contribution in [3.8, 4) is 0 Å². The van der Waals surface area contributed by atoms with Crippen molar-refractivity contribution in [2.75, 3.05) is 20.1 Å². The summed E-state index contributed by atoms with van der Waals surface area (Å²) in [5, 5.41) is 0. The second-order valence-electron chi connectivity index (χ2n) is 5.35. The van der Waals surface area contributed by atoms with Gasteiger partial charge in [0.05, 0.1) is 0 Å². The summed E-state index contributed by atoms with van der Waals surface area (Å²) < 4.78 is 41.6. The second kappa shape index (κ2) is 6.83. The van der Waals surface area contributed by atoms with Gasteiger partial charge in [-0.3, -0.25) is 0 Å². The first-order valence-corrected chi connectivity index (χ1v) is 8.53. The summed E-state index contributed by atoms with van der Waals surface area (Å²) >= 11 is 0. The molecule has 2 rings (SSSR count). The van der Waals surface area contributed by atoms with Crippen molar-refractivity contribution in [3.05, 3.63) is 35.6 Å². The zero-order valence-electron chi connectivity index (χ0n) is 12.2. The molecule has 0 aromatic heterocycles. The molecule has 1 atom stereocenters. The highest BCUT2D eigenvalue weighted by Crippen LogP contribution is 2.22. The molecule has 1 aromatic rings. The summed E-state index contributed by atoms with van der Waals surface area (Å²) in [5.41, 5.74) is 6.05. The molecule has 0 saturated carbocycles. The van der Waals surface area contributed by atoms with Gasteiger partial charge in [0.25, 0.3) is 10.2 Å². The SMILES string of the molecule is CN(Cc1ccccc1F)S(=O)(=O)N1CCCCC1CN. The van der Waals surface area contributed by atoms with Gasteiger partial charge in [0.2, 0.25) is 0 Å². The van der Waals surface area contributed by atoms with Crippen molar-refractivity contribution in [1.82, 2.24) is 8.61 Å². The van der Waals surface area contributed by atoms with Crippen molar-refractivity contribution in [2.45, 2.75) is 31.8 Å². The Morgan fingerprint density at radius 1 is 1.38 bits per heavy atom. The maximum absolute atomic E-state index is 13.7. The Balaban J connectivity index is 2.16. The van der Waals surface area contributed by atoms with E-state index < -0.39 is 16.0 Å². The Morgan fingerprint density at radius 2 is 2.10 bits per heavy atom. The first-order valence-electron chi connectivity index (χ1n) is 7.13. The van der Waals surface area contributed by atoms with E-state index in [1.165, 1.54) is 21.7 Å². The number of nitrogens with zero attached hydrogens (tertiary/aromatic N) is 2. The molecule has 7 heteroatoms. The number of rotatable bonds is 5. The fourth-order valence-electron chi connectivity index (χ4n) is 2.64. The molecule has 1 saturated heterocycles. The van der Waals surface area contributed by atoms with Gasteiger partial charge in [0.15, 0.2) is 0 Å². The molecule has 2 N–H and O–H groups in total. The van der Waals surface area contributed by atoms with Crippen molar-refractivity contribution in [2.24, 2.45) is 5.73 Å². The van der Waals surface area contributed by atoms with Gasteiger partial charge in [-0.05, 0) is 18.9 Å². The predicted molar refractivity (Wildman–Crippen MR) is 80.2 cm³/mol. The zero-order valence-corrected chi connectivity index (χ0v) is 13.0. The lowest BCUT2D eigenvalue weighted by molar-refractivity contribution is 0.239. The van der Waals surface area contributed by atoms with Crippen LogP contribution in [0.25, 0.3) is 0 Å². The maximum atomic E-state index is 13.7. The van der Waals surface area contributed by atoms with Crippen LogP contribution in [0.2, 0.25) is 0 Å². The number of hydrogen-bond donors (Lipinski definition) is 1. The van der Waals surface area contributed by atoms with Crippen LogP contribution in [0, 0.1) is 5.82 Å². The average Bonchev–Trinajstić information content (AvgIpc) is 2.49. The van der Waals surface area contributed by atoms with E-state index in [1.807, 2.05) is 0 Å². The molecular formula is C14H22FN3O2S. The summed E-state index contributed by atoms with van der Waals surface area (Å²) in [7, 11) is -2.14. The highest BCUT2D eigenvalue weighted by Gasteiger charge is 2.34. The van der Waals surface area contributed by atoms with E-state index in [2.05, 4.69) is 0 Å². The van der Waals surface area contributed by atoms with Crippen molar-refractivity contribution >= 4 is 10.2 Å². The van der Waals surface area contributed by atoms with Crippen LogP contribution in [0.5, 0.6) is 0 Å². The summed E-state index contributed by atoms with van der Waals surface area (Å²) in [5.74, 6) is -0.395. The van der Waals surface area contributed by atoms with E-state index in [1.54, 1.807) is 18.2 Å². The van der Waals surface area contributed by atoms with E-state index in [-0.39, 0.29) is 12.6 Å². The lowest BCUT2D eigenvalue weighted by Gasteiger charge is -2.36. The molecule has 1 aliphatic heterocycles. The molecule has 1 unspecified atom stereocenters. The topological polar surface area (TPSA) is 66.6 Å². The van der Waals surface area contributed by atoms with E-state index in [4.69, 9.17) is 5.73 Å². The quantitative estimate of drug-likeness (QED) is 0.891. The molecule has 1 fully saturated rings. The average molecular weight is 315 g/mol. The van der Waals surface area contributed by atoms with Crippen LogP contribution in [0.3, 0.4) is 0 Å². The monoisotopic (exact) mass is 315 g/mol. The van der Waals surface area contributed by atoms with Gasteiger partial charge in [0.1, 0.15) is 5.82 Å². The molecule has 21 heavy (non-hydrogen) atoms. The number of halogens is 1. The van der Waals surface area contributed by atoms with Crippen LogP contribution in [-0.4, -0.2) is 43.2 Å². The fourth-order valence-corrected chi connectivity index (χ4v) is 4.23. The van der Waals surface area contributed by atoms with Crippen LogP contribution in [0.1, 0.15) is 24.8 Å². The number of benzene rings is 1. The van der Waals surface area contributed by atoms with Crippen LogP contribution >= 0.6 is 0 Å². The standard InChI is InChI=1S/C14H22FN3O2S/c1-17(11-12-6-2-3-8-14(12)15)21(19,20)18-9-5-4-7-13(18)10-16/h2-3,6,8,13H,4-5,7,9-11,16H2,1H3. The van der Waals surface area contributed by atoms with Gasteiger partial charge in [-0.15, -0.1) is 0 Å². The summed E-state index contributed by atoms with van der Waals surface area (Å²) in [6.45, 7) is 0.807. The molecule has 1 aliphatic rings. The highest BCUT2D eigenvalue weighted by atomic mass is 32.2. The molecule has 1 heterocycles. The Bertz CT molecular complexity index is 579. The van der Waals surface area contributed by atoms with Gasteiger partial charge in [-0.2, -0.15) is 17.0 Å². The van der Waals surface area contributed by atoms with Gasteiger partial charge < -0.3 is 5.73 Å². The van der Waals surface area contributed by atoms with Gasteiger partial charge in [-0.25, -0.2) is 4.39 Å². The molecule has 0 amide bonds. The van der Waals surface area contributed by atoms with Gasteiger partial charge >= 0.3 is 0 Å². The van der Waals surface area contributed by atoms with Crippen LogP contribution < -0.4 is 5.73 Å². The Morgan fingerprint density at radius 3 is 2.76 bits per heavy atom. The molecule has 5 nitrogen and oxygen atoms in total. The largest absolute Gasteiger partial charge is 0.329 e. The Kier molecular flexibility index (Phi) is 5.32. The lowest BCUT2D eigenvalue weighted by atomic mass is 10.1. The van der Waals surface area contributed by atoms with Gasteiger partial charge in [-0.1, -0.05) is 24.6 Å². The second-order valence-corrected chi connectivity index (χ2v) is 7.34. The molecule has 1 aromatic carbocycles. The van der Waals surface area contributed by atoms with E-state index in [0.717, 1.165) is 19.3 Å². The first kappa shape index (κ1) is 16.4. The lowest BCUT2D eigenvalue weighted by Crippen LogP contribution is -2.51. The zero-order chi connectivity index (χ0) is 15.5. The number of hydrogen-bond acceptors (Lipinski definition) is 3. The van der Waals surface area contributed by atoms with Crippen molar-refractivity contribution in [3.63, 3.8) is 0 Å². The minimum absolute atomic E-state index is 0.0167. The van der Waals surface area contributed by atoms with E-state index >= 15 is 0 Å². The summed E-state index contributed by atoms with van der Waals surface area (Å²) in [4.78, 5) is 0. The van der Waals surface area contributed by atoms with Gasteiger partial charge in [0, 0.05) is 38.3 Å². The fraction of sp³-hybridized carbons (Fsp3) is 0.571. The minimum Gasteiger partial charge on any atom is -0.329 e. The molecule has 0 radical (unpaired) electrons. The number of piperidine rings is 1. The molecule has 0 aliphatic carbocycles. The molecule has 0 spiro atoms. The maximum Gasteiger partial charge on any atom is 0.282 e. The third-order valence-electron chi connectivity index (χ3n) is 3.89. The first-order chi connectivity index (χ1) is 9.96. The summed E-state index contributed by atoms with van der Waals surface area (Å²) in [6.07, 6.45) is 2.61. The molecular weight excluding hydrogens is 293 g/mol. The van der Waals surface area contributed by atoms with Crippen LogP contribution in [0.15, 0.2) is 24.3 Å². The minimum atomic E-state index is -3.62. The molecule has 118 valence electrons. The predicted octanol–water partition coefficient (Wildman–Crippen LogP) is 1.32. The highest BCUT2D eigenvalue weighted by molar-refractivity contribution is 7.86. The van der Waals surface area contributed by atoms with Crippen LogP contribution in [0.4, 0.5) is 4.39 Å². The smallest absolute Gasteiger partial charge is 0.282 e. The van der Waals surface area contributed by atoms with Crippen molar-refractivity contribution in [1.29, 1.82) is 0 Å². The van der Waals surface area contributed by atoms with Crippen molar-refractivity contribution < 1.29 is 12.8 Å². The normalized spacial score (nSPS) is 20.9. The van der Waals surface area contributed by atoms with E-state index in [0.29, 0.717) is 18.7 Å². The third kappa shape index (κ3) is 3.60.